The molecule has 1 aliphatic rings. The van der Waals surface area contributed by atoms with E-state index in [2.05, 4.69) is 5.32 Å². The van der Waals surface area contributed by atoms with Crippen molar-refractivity contribution >= 4 is 12.0 Å². The van der Waals surface area contributed by atoms with Crippen molar-refractivity contribution in [3.8, 4) is 0 Å². The van der Waals surface area contributed by atoms with Gasteiger partial charge in [0.2, 0.25) is 5.91 Å². The Kier molecular flexibility index (Phi) is 4.37. The molecular weight excluding hydrogens is 220 g/mol. The fourth-order valence-electron chi connectivity index (χ4n) is 1.76. The number of nitrogens with zero attached hydrogens (tertiary/aromatic N) is 1. The molecule has 17 heavy (non-hydrogen) atoms. The van der Waals surface area contributed by atoms with Gasteiger partial charge in [0.25, 0.3) is 0 Å². The van der Waals surface area contributed by atoms with Crippen LogP contribution in [-0.4, -0.2) is 41.6 Å². The fourth-order valence-corrected chi connectivity index (χ4v) is 1.76. The Bertz CT molecular complexity index is 291. The lowest BCUT2D eigenvalue weighted by Crippen LogP contribution is -2.47. The summed E-state index contributed by atoms with van der Waals surface area (Å²) < 4.78 is 5.10. The summed E-state index contributed by atoms with van der Waals surface area (Å²) in [5.41, 5.74) is -0.541. The molecule has 1 N–H and O–H groups in total. The van der Waals surface area contributed by atoms with Gasteiger partial charge in [-0.3, -0.25) is 4.79 Å². The average molecular weight is 242 g/mol. The third-order valence-electron chi connectivity index (χ3n) is 2.52. The van der Waals surface area contributed by atoms with Gasteiger partial charge in [0.1, 0.15) is 11.6 Å². The smallest absolute Gasteiger partial charge is 0.408 e. The molecule has 0 spiro atoms. The maximum Gasteiger partial charge on any atom is 0.408 e. The van der Waals surface area contributed by atoms with Crippen LogP contribution in [0.15, 0.2) is 0 Å². The molecule has 0 radical (unpaired) electrons. The first kappa shape index (κ1) is 13.8. The Hall–Kier alpha value is -1.26. The van der Waals surface area contributed by atoms with Crippen molar-refractivity contribution in [1.29, 1.82) is 0 Å². The van der Waals surface area contributed by atoms with Gasteiger partial charge < -0.3 is 15.0 Å². The molecule has 1 heterocycles. The van der Waals surface area contributed by atoms with E-state index in [4.69, 9.17) is 4.74 Å². The Balaban J connectivity index is 2.40. The molecule has 5 heteroatoms. The van der Waals surface area contributed by atoms with Crippen LogP contribution in [0.5, 0.6) is 0 Å². The monoisotopic (exact) mass is 242 g/mol. The number of alkyl carbamates (subject to hydrolysis) is 1. The summed E-state index contributed by atoms with van der Waals surface area (Å²) in [6.07, 6.45) is 1.55. The summed E-state index contributed by atoms with van der Waals surface area (Å²) in [6, 6.07) is -0.525. The molecule has 0 aliphatic carbocycles. The van der Waals surface area contributed by atoms with E-state index >= 15 is 0 Å². The van der Waals surface area contributed by atoms with Crippen LogP contribution in [0, 0.1) is 0 Å². The van der Waals surface area contributed by atoms with Crippen molar-refractivity contribution in [2.45, 2.75) is 52.2 Å². The average Bonchev–Trinajstić information content (AvgIpc) is 2.65. The van der Waals surface area contributed by atoms with E-state index in [9.17, 15) is 9.59 Å². The quantitative estimate of drug-likeness (QED) is 0.798. The maximum atomic E-state index is 11.9. The molecule has 1 aliphatic heterocycles. The lowest BCUT2D eigenvalue weighted by atomic mass is 10.2. The van der Waals surface area contributed by atoms with Crippen molar-refractivity contribution in [3.63, 3.8) is 0 Å². The Morgan fingerprint density at radius 2 is 1.76 bits per heavy atom. The van der Waals surface area contributed by atoms with Gasteiger partial charge in [-0.25, -0.2) is 4.79 Å². The summed E-state index contributed by atoms with van der Waals surface area (Å²) in [6.45, 7) is 8.64. The predicted molar refractivity (Wildman–Crippen MR) is 64.6 cm³/mol. The second-order valence-electron chi connectivity index (χ2n) is 5.40. The minimum absolute atomic E-state index is 0.0339. The summed E-state index contributed by atoms with van der Waals surface area (Å²) in [5, 5.41) is 2.56. The molecule has 1 rings (SSSR count). The number of rotatable bonds is 2. The molecule has 0 aromatic heterocycles. The highest BCUT2D eigenvalue weighted by Crippen LogP contribution is 2.10. The molecule has 1 fully saturated rings. The van der Waals surface area contributed by atoms with Crippen molar-refractivity contribution in [1.82, 2.24) is 10.2 Å². The van der Waals surface area contributed by atoms with Gasteiger partial charge in [-0.1, -0.05) is 0 Å². The molecule has 0 bridgehead atoms. The van der Waals surface area contributed by atoms with Crippen LogP contribution in [-0.2, 0) is 9.53 Å². The standard InChI is InChI=1S/C12H22N2O3/c1-9(10(15)14-7-5-6-8-14)13-11(16)17-12(2,3)4/h9H,5-8H2,1-4H3,(H,13,16). The van der Waals surface area contributed by atoms with Crippen LogP contribution in [0.2, 0.25) is 0 Å². The molecule has 5 nitrogen and oxygen atoms in total. The summed E-state index contributed by atoms with van der Waals surface area (Å²) in [5.74, 6) is -0.0339. The van der Waals surface area contributed by atoms with E-state index in [1.54, 1.807) is 32.6 Å². The SMILES string of the molecule is CC(NC(=O)OC(C)(C)C)C(=O)N1CCCC1. The number of likely N-dealkylation sites (tertiary alicyclic amines) is 1. The highest BCUT2D eigenvalue weighted by Gasteiger charge is 2.26. The van der Waals surface area contributed by atoms with Gasteiger partial charge in [0.05, 0.1) is 0 Å². The van der Waals surface area contributed by atoms with Crippen molar-refractivity contribution in [2.75, 3.05) is 13.1 Å². The van der Waals surface area contributed by atoms with E-state index < -0.39 is 17.7 Å². The van der Waals surface area contributed by atoms with Crippen LogP contribution >= 0.6 is 0 Å². The molecule has 0 aromatic rings. The van der Waals surface area contributed by atoms with Crippen molar-refractivity contribution in [2.24, 2.45) is 0 Å². The second kappa shape index (κ2) is 5.38. The molecule has 0 aromatic carbocycles. The van der Waals surface area contributed by atoms with Crippen LogP contribution in [0.1, 0.15) is 40.5 Å². The number of carbonyl (C=O) groups excluding carboxylic acids is 2. The third-order valence-corrected chi connectivity index (χ3v) is 2.52. The number of hydrogen-bond acceptors (Lipinski definition) is 3. The fraction of sp³-hybridized carbons (Fsp3) is 0.833. The third kappa shape index (κ3) is 4.63. The van der Waals surface area contributed by atoms with Gasteiger partial charge in [-0.05, 0) is 40.5 Å². The predicted octanol–water partition coefficient (Wildman–Crippen LogP) is 1.52. The minimum atomic E-state index is -0.544. The molecule has 1 saturated heterocycles. The number of amides is 2. The van der Waals surface area contributed by atoms with Crippen LogP contribution in [0.3, 0.4) is 0 Å². The molecule has 2 amide bonds. The molecule has 98 valence electrons. The first-order valence-electron chi connectivity index (χ1n) is 6.08. The zero-order valence-corrected chi connectivity index (χ0v) is 11.1. The van der Waals surface area contributed by atoms with Gasteiger partial charge in [-0.15, -0.1) is 0 Å². The van der Waals surface area contributed by atoms with Crippen LogP contribution in [0.4, 0.5) is 4.79 Å². The highest BCUT2D eigenvalue weighted by atomic mass is 16.6. The Morgan fingerprint density at radius 3 is 2.24 bits per heavy atom. The normalized spacial score (nSPS) is 17.8. The Labute approximate surface area is 102 Å². The van der Waals surface area contributed by atoms with E-state index in [1.807, 2.05) is 0 Å². The van der Waals surface area contributed by atoms with Crippen molar-refractivity contribution < 1.29 is 14.3 Å². The second-order valence-corrected chi connectivity index (χ2v) is 5.40. The number of nitrogens with one attached hydrogen (secondary N) is 1. The first-order valence-corrected chi connectivity index (χ1v) is 6.08. The minimum Gasteiger partial charge on any atom is -0.444 e. The van der Waals surface area contributed by atoms with Gasteiger partial charge in [0.15, 0.2) is 0 Å². The van der Waals surface area contributed by atoms with Gasteiger partial charge >= 0.3 is 6.09 Å². The maximum absolute atomic E-state index is 11.9. The molecule has 1 atom stereocenters. The Morgan fingerprint density at radius 1 is 1.24 bits per heavy atom. The summed E-state index contributed by atoms with van der Waals surface area (Å²) >= 11 is 0. The van der Waals surface area contributed by atoms with Gasteiger partial charge in [0, 0.05) is 13.1 Å². The zero-order valence-electron chi connectivity index (χ0n) is 11.1. The molecule has 0 saturated carbocycles. The summed E-state index contributed by atoms with van der Waals surface area (Å²) in [7, 11) is 0. The largest absolute Gasteiger partial charge is 0.444 e. The number of carbonyl (C=O) groups is 2. The molecule has 1 unspecified atom stereocenters. The van der Waals surface area contributed by atoms with E-state index in [0.717, 1.165) is 25.9 Å². The van der Waals surface area contributed by atoms with Gasteiger partial charge in [-0.2, -0.15) is 0 Å². The van der Waals surface area contributed by atoms with Crippen molar-refractivity contribution in [3.05, 3.63) is 0 Å². The van der Waals surface area contributed by atoms with E-state index in [0.29, 0.717) is 0 Å². The van der Waals surface area contributed by atoms with E-state index in [1.165, 1.54) is 0 Å². The lowest BCUT2D eigenvalue weighted by molar-refractivity contribution is -0.131. The van der Waals surface area contributed by atoms with Crippen LogP contribution in [0.25, 0.3) is 0 Å². The zero-order chi connectivity index (χ0) is 13.1. The lowest BCUT2D eigenvalue weighted by Gasteiger charge is -2.24. The summed E-state index contributed by atoms with van der Waals surface area (Å²) in [4.78, 5) is 25.2. The topological polar surface area (TPSA) is 58.6 Å². The number of ether oxygens (including phenoxy) is 1. The van der Waals surface area contributed by atoms with Crippen LogP contribution < -0.4 is 5.32 Å². The molecular formula is C12H22N2O3. The number of hydrogen-bond donors (Lipinski definition) is 1. The first-order chi connectivity index (χ1) is 7.79. The van der Waals surface area contributed by atoms with E-state index in [-0.39, 0.29) is 5.91 Å². The highest BCUT2D eigenvalue weighted by molar-refractivity contribution is 5.85.